The molecule has 2 N–H and O–H groups in total. The number of hydrogen-bond donors (Lipinski definition) is 2. The largest absolute Gasteiger partial charge is 0.375 e. The topological polar surface area (TPSA) is 66.5 Å². The highest BCUT2D eigenvalue weighted by Crippen LogP contribution is 2.17. The van der Waals surface area contributed by atoms with Crippen molar-refractivity contribution in [2.24, 2.45) is 0 Å². The Bertz CT molecular complexity index is 514. The molecule has 1 aromatic heterocycles. The number of carbonyl (C=O) groups excluding carboxylic acids is 1. The second-order valence-electron chi connectivity index (χ2n) is 6.30. The Hall–Kier alpha value is -1.66. The van der Waals surface area contributed by atoms with Crippen molar-refractivity contribution in [1.29, 1.82) is 0 Å². The number of nitrogens with zero attached hydrogens (tertiary/aromatic N) is 2. The van der Waals surface area contributed by atoms with Gasteiger partial charge in [0, 0.05) is 32.4 Å². The Morgan fingerprint density at radius 1 is 1.39 bits per heavy atom. The number of carbonyl (C=O) groups is 1. The first-order valence-corrected chi connectivity index (χ1v) is 8.56. The molecule has 1 amide bonds. The zero-order valence-corrected chi connectivity index (χ0v) is 13.8. The van der Waals surface area contributed by atoms with Crippen LogP contribution in [0.2, 0.25) is 0 Å². The van der Waals surface area contributed by atoms with E-state index in [2.05, 4.69) is 26.6 Å². The van der Waals surface area contributed by atoms with E-state index in [0.29, 0.717) is 19.7 Å². The number of anilines is 1. The number of rotatable bonds is 4. The van der Waals surface area contributed by atoms with Crippen LogP contribution in [0.5, 0.6) is 0 Å². The van der Waals surface area contributed by atoms with Gasteiger partial charge in [0.1, 0.15) is 11.9 Å². The lowest BCUT2D eigenvalue weighted by Crippen LogP contribution is -2.55. The summed E-state index contributed by atoms with van der Waals surface area (Å²) < 4.78 is 5.51. The van der Waals surface area contributed by atoms with Crippen molar-refractivity contribution in [3.8, 4) is 0 Å². The van der Waals surface area contributed by atoms with Crippen LogP contribution in [-0.2, 0) is 16.1 Å². The number of ether oxygens (including phenoxy) is 1. The Labute approximate surface area is 137 Å². The summed E-state index contributed by atoms with van der Waals surface area (Å²) in [5.74, 6) is 1.02. The van der Waals surface area contributed by atoms with E-state index in [9.17, 15) is 4.79 Å². The van der Waals surface area contributed by atoms with Gasteiger partial charge in [-0.05, 0) is 37.8 Å². The molecule has 0 saturated carbocycles. The second-order valence-corrected chi connectivity index (χ2v) is 6.30. The van der Waals surface area contributed by atoms with Gasteiger partial charge in [0.25, 0.3) is 0 Å². The van der Waals surface area contributed by atoms with Crippen molar-refractivity contribution in [2.75, 3.05) is 31.1 Å². The second kappa shape index (κ2) is 7.75. The van der Waals surface area contributed by atoms with E-state index in [4.69, 9.17) is 4.74 Å². The Balaban J connectivity index is 1.51. The van der Waals surface area contributed by atoms with Gasteiger partial charge in [-0.15, -0.1) is 0 Å². The van der Waals surface area contributed by atoms with Crippen LogP contribution < -0.4 is 15.5 Å². The lowest BCUT2D eigenvalue weighted by atomic mass is 10.1. The van der Waals surface area contributed by atoms with Crippen LogP contribution in [0.1, 0.15) is 31.7 Å². The van der Waals surface area contributed by atoms with E-state index in [1.807, 2.05) is 19.2 Å². The molecule has 0 unspecified atom stereocenters. The van der Waals surface area contributed by atoms with Crippen molar-refractivity contribution in [1.82, 2.24) is 15.6 Å². The standard InChI is InChI=1S/C17H26N4O2/c1-13-16(18-7-10-23-13)17(22)20-12-14-5-6-15(19-11-14)21-8-3-2-4-9-21/h5-6,11,13,16,18H,2-4,7-10,12H2,1H3,(H,20,22)/t13-,16+/m1/s1. The fourth-order valence-electron chi connectivity index (χ4n) is 3.16. The normalized spacial score (nSPS) is 25.2. The quantitative estimate of drug-likeness (QED) is 0.869. The molecule has 2 aliphatic rings. The number of nitrogens with one attached hydrogen (secondary N) is 2. The molecule has 6 nitrogen and oxygen atoms in total. The van der Waals surface area contributed by atoms with E-state index in [0.717, 1.165) is 24.5 Å². The van der Waals surface area contributed by atoms with Crippen molar-refractivity contribution in [2.45, 2.75) is 44.9 Å². The van der Waals surface area contributed by atoms with Crippen LogP contribution in [0.25, 0.3) is 0 Å². The van der Waals surface area contributed by atoms with Crippen LogP contribution in [0.3, 0.4) is 0 Å². The van der Waals surface area contributed by atoms with Crippen LogP contribution >= 0.6 is 0 Å². The molecule has 1 aromatic rings. The summed E-state index contributed by atoms with van der Waals surface area (Å²) in [4.78, 5) is 19.1. The summed E-state index contributed by atoms with van der Waals surface area (Å²) in [7, 11) is 0. The monoisotopic (exact) mass is 318 g/mol. The minimum absolute atomic E-state index is 0.0164. The molecule has 2 fully saturated rings. The molecule has 23 heavy (non-hydrogen) atoms. The van der Waals surface area contributed by atoms with Gasteiger partial charge in [-0.2, -0.15) is 0 Å². The highest BCUT2D eigenvalue weighted by atomic mass is 16.5. The molecular formula is C17H26N4O2. The number of piperidine rings is 1. The maximum Gasteiger partial charge on any atom is 0.240 e. The smallest absolute Gasteiger partial charge is 0.240 e. The molecule has 2 atom stereocenters. The number of hydrogen-bond acceptors (Lipinski definition) is 5. The SMILES string of the molecule is C[C@H]1OCCN[C@@H]1C(=O)NCc1ccc(N2CCCCC2)nc1. The molecule has 6 heteroatoms. The van der Waals surface area contributed by atoms with Crippen molar-refractivity contribution in [3.63, 3.8) is 0 Å². The first-order valence-electron chi connectivity index (χ1n) is 8.56. The molecule has 3 heterocycles. The summed E-state index contributed by atoms with van der Waals surface area (Å²) >= 11 is 0. The first-order chi connectivity index (χ1) is 11.2. The summed E-state index contributed by atoms with van der Waals surface area (Å²) in [6.07, 6.45) is 5.57. The van der Waals surface area contributed by atoms with Crippen LogP contribution in [-0.4, -0.2) is 49.3 Å². The Morgan fingerprint density at radius 3 is 2.91 bits per heavy atom. The number of amides is 1. The highest BCUT2D eigenvalue weighted by molar-refractivity contribution is 5.82. The average molecular weight is 318 g/mol. The van der Waals surface area contributed by atoms with E-state index >= 15 is 0 Å². The summed E-state index contributed by atoms with van der Waals surface area (Å²) in [6.45, 7) is 5.98. The van der Waals surface area contributed by atoms with Gasteiger partial charge in [0.15, 0.2) is 0 Å². The number of morpholine rings is 1. The fraction of sp³-hybridized carbons (Fsp3) is 0.647. The summed E-state index contributed by atoms with van der Waals surface area (Å²) in [6, 6.07) is 3.83. The summed E-state index contributed by atoms with van der Waals surface area (Å²) in [5.41, 5.74) is 1.02. The maximum absolute atomic E-state index is 12.2. The number of pyridine rings is 1. The Kier molecular flexibility index (Phi) is 5.46. The van der Waals surface area contributed by atoms with E-state index in [1.165, 1.54) is 19.3 Å². The Morgan fingerprint density at radius 2 is 2.22 bits per heavy atom. The molecule has 3 rings (SSSR count). The van der Waals surface area contributed by atoms with Crippen molar-refractivity contribution < 1.29 is 9.53 Å². The number of aromatic nitrogens is 1. The van der Waals surface area contributed by atoms with Crippen molar-refractivity contribution in [3.05, 3.63) is 23.9 Å². The third-order valence-corrected chi connectivity index (χ3v) is 4.55. The lowest BCUT2D eigenvalue weighted by molar-refractivity contribution is -0.129. The van der Waals surface area contributed by atoms with E-state index in [1.54, 1.807) is 0 Å². The molecule has 0 bridgehead atoms. The summed E-state index contributed by atoms with van der Waals surface area (Å²) in [5, 5.41) is 6.16. The predicted molar refractivity (Wildman–Crippen MR) is 89.4 cm³/mol. The zero-order valence-electron chi connectivity index (χ0n) is 13.8. The average Bonchev–Trinajstić information content (AvgIpc) is 2.61. The van der Waals surface area contributed by atoms with Crippen LogP contribution in [0.4, 0.5) is 5.82 Å². The predicted octanol–water partition coefficient (Wildman–Crippen LogP) is 1.06. The van der Waals surface area contributed by atoms with Gasteiger partial charge in [-0.25, -0.2) is 4.98 Å². The van der Waals surface area contributed by atoms with Crippen LogP contribution in [0.15, 0.2) is 18.3 Å². The van der Waals surface area contributed by atoms with Gasteiger partial charge in [-0.1, -0.05) is 6.07 Å². The van der Waals surface area contributed by atoms with Gasteiger partial charge in [0.05, 0.1) is 12.7 Å². The lowest BCUT2D eigenvalue weighted by Gasteiger charge is -2.29. The maximum atomic E-state index is 12.2. The van der Waals surface area contributed by atoms with Gasteiger partial charge in [-0.3, -0.25) is 4.79 Å². The fourth-order valence-corrected chi connectivity index (χ4v) is 3.16. The minimum Gasteiger partial charge on any atom is -0.375 e. The highest BCUT2D eigenvalue weighted by Gasteiger charge is 2.27. The van der Waals surface area contributed by atoms with Crippen LogP contribution in [0, 0.1) is 0 Å². The molecule has 2 saturated heterocycles. The zero-order chi connectivity index (χ0) is 16.1. The third-order valence-electron chi connectivity index (χ3n) is 4.55. The third kappa shape index (κ3) is 4.20. The van der Waals surface area contributed by atoms with Gasteiger partial charge >= 0.3 is 0 Å². The molecule has 126 valence electrons. The first kappa shape index (κ1) is 16.2. The molecular weight excluding hydrogens is 292 g/mol. The molecule has 2 aliphatic heterocycles. The van der Waals surface area contributed by atoms with E-state index in [-0.39, 0.29) is 18.1 Å². The molecule has 0 spiro atoms. The van der Waals surface area contributed by atoms with Gasteiger partial charge in [0.2, 0.25) is 5.91 Å². The van der Waals surface area contributed by atoms with E-state index < -0.39 is 0 Å². The van der Waals surface area contributed by atoms with Gasteiger partial charge < -0.3 is 20.3 Å². The minimum atomic E-state index is -0.274. The molecule has 0 aliphatic carbocycles. The molecule has 0 aromatic carbocycles. The van der Waals surface area contributed by atoms with Crippen molar-refractivity contribution >= 4 is 11.7 Å². The molecule has 0 radical (unpaired) electrons.